The monoisotopic (exact) mass is 1000 g/mol. The average Bonchev–Trinajstić information content (AvgIpc) is 3.68. The molecule has 0 saturated carbocycles. The Hall–Kier alpha value is -6.24. The van der Waals surface area contributed by atoms with Crippen LogP contribution < -0.4 is 10.7 Å². The summed E-state index contributed by atoms with van der Waals surface area (Å²) in [5, 5.41) is 5.24. The minimum Gasteiger partial charge on any atom is -0.464 e. The Labute approximate surface area is 428 Å². The van der Waals surface area contributed by atoms with Gasteiger partial charge in [0.05, 0.1) is 29.8 Å². The second-order valence-electron chi connectivity index (χ2n) is 21.5. The number of urea groups is 1. The zero-order valence-corrected chi connectivity index (χ0v) is 44.0. The van der Waals surface area contributed by atoms with E-state index in [4.69, 9.17) is 19.4 Å². The Morgan fingerprint density at radius 3 is 2.51 bits per heavy atom. The van der Waals surface area contributed by atoms with Crippen LogP contribution in [0.5, 0.6) is 0 Å². The van der Waals surface area contributed by atoms with Crippen LogP contribution in [0.25, 0.3) is 33.4 Å². The van der Waals surface area contributed by atoms with Crippen molar-refractivity contribution in [1.82, 2.24) is 49.9 Å². The van der Waals surface area contributed by atoms with Crippen LogP contribution in [0, 0.1) is 17.2 Å². The molecule has 18 heteroatoms. The lowest BCUT2D eigenvalue weighted by molar-refractivity contribution is -0.155. The van der Waals surface area contributed by atoms with Gasteiger partial charge in [-0.3, -0.25) is 39.1 Å². The number of piperidine rings is 1. The standard InChI is InChI=1S/C55H73FN10O7/c1-11-46(67)64-26-25-61(8)55(32-64)19-23-63(24-20-55)53(71)62(9)48(34(3)4)50(68)59-44-30-38-28-37(56)29-43(58-38)36-17-18-45-40(27-36)41(49(65(45)12-2)39-15-13-21-57-47(39)35(5)72-10)31-54(6,7)33-73-52(70)42-16-14-22-66(60-42)51(44)69/h11,13,15,17-18,21,27-29,34-35,42,44,48,60H,1,12,14,16,19-20,22-26,30-33H2,2-10H3,(H,59,68)/t35-,42-,44-,48-/m0/s1. The lowest BCUT2D eigenvalue weighted by Gasteiger charge is -2.53. The summed E-state index contributed by atoms with van der Waals surface area (Å²) < 4.78 is 30.3. The Bertz CT molecular complexity index is 2750. The molecule has 1 spiro atoms. The first-order chi connectivity index (χ1) is 34.8. The number of nitrogens with zero attached hydrogens (tertiary/aromatic N) is 8. The van der Waals surface area contributed by atoms with Gasteiger partial charge in [-0.15, -0.1) is 0 Å². The van der Waals surface area contributed by atoms with E-state index in [1.807, 2.05) is 56.0 Å². The number of likely N-dealkylation sites (tertiary alicyclic amines) is 1. The molecule has 3 aromatic heterocycles. The SMILES string of the molecule is C=CC(=O)N1CCN(C)C2(CCN(C(=O)N(C)[C@H](C(=O)N[C@H]3Cc4cc(F)cc(n4)-c4ccc5c(c4)c(c(-c4cccnc4[C@H](C)OC)n5CC)CC(C)(C)COC(=O)[C@@H]4CCCN(N4)C3=O)C(C)C)CC2)C1. The summed E-state index contributed by atoms with van der Waals surface area (Å²) in [6.45, 7) is 19.1. The molecule has 2 N–H and O–H groups in total. The van der Waals surface area contributed by atoms with Crippen molar-refractivity contribution in [2.45, 2.75) is 116 Å². The van der Waals surface area contributed by atoms with Crippen LogP contribution in [0.1, 0.15) is 90.3 Å². The second-order valence-corrected chi connectivity index (χ2v) is 21.5. The van der Waals surface area contributed by atoms with Crippen molar-refractivity contribution in [2.24, 2.45) is 11.3 Å². The number of nitrogens with one attached hydrogen (secondary N) is 2. The Kier molecular flexibility index (Phi) is 15.8. The van der Waals surface area contributed by atoms with E-state index in [-0.39, 0.29) is 54.8 Å². The number of pyridine rings is 2. The van der Waals surface area contributed by atoms with Gasteiger partial charge in [-0.25, -0.2) is 14.6 Å². The second kappa shape index (κ2) is 21.7. The Morgan fingerprint density at radius 2 is 1.81 bits per heavy atom. The Morgan fingerprint density at radius 1 is 1.05 bits per heavy atom. The van der Waals surface area contributed by atoms with Gasteiger partial charge < -0.3 is 34.1 Å². The van der Waals surface area contributed by atoms with Gasteiger partial charge in [0.25, 0.3) is 5.91 Å². The molecule has 3 fully saturated rings. The molecular formula is C55H73FN10O7. The number of aromatic nitrogens is 3. The van der Waals surface area contributed by atoms with Crippen LogP contribution in [-0.4, -0.2) is 160 Å². The number of rotatable bonds is 9. The van der Waals surface area contributed by atoms with E-state index in [1.165, 1.54) is 28.1 Å². The van der Waals surface area contributed by atoms with Gasteiger partial charge >= 0.3 is 12.0 Å². The molecule has 3 saturated heterocycles. The quantitative estimate of drug-likeness (QED) is 0.145. The Balaban J connectivity index is 1.13. The number of piperazine rings is 1. The van der Waals surface area contributed by atoms with Crippen molar-refractivity contribution in [3.63, 3.8) is 0 Å². The molecule has 1 aromatic carbocycles. The minimum atomic E-state index is -1.28. The van der Waals surface area contributed by atoms with Crippen molar-refractivity contribution in [1.29, 1.82) is 0 Å². The number of esters is 1. The van der Waals surface area contributed by atoms with E-state index in [9.17, 15) is 24.0 Å². The van der Waals surface area contributed by atoms with Crippen LogP contribution in [0.15, 0.2) is 61.3 Å². The van der Waals surface area contributed by atoms with Crippen LogP contribution in [-0.2, 0) is 48.0 Å². The predicted octanol–water partition coefficient (Wildman–Crippen LogP) is 6.15. The van der Waals surface area contributed by atoms with Gasteiger partial charge in [0.2, 0.25) is 11.8 Å². The molecule has 73 heavy (non-hydrogen) atoms. The third kappa shape index (κ3) is 10.9. The largest absolute Gasteiger partial charge is 0.464 e. The van der Waals surface area contributed by atoms with Gasteiger partial charge in [0.15, 0.2) is 0 Å². The number of carbonyl (C=O) groups is 5. The third-order valence-corrected chi connectivity index (χ3v) is 15.6. The molecule has 4 atom stereocenters. The molecule has 4 aliphatic rings. The number of methoxy groups -OCH3 is 1. The number of ether oxygens (including phenoxy) is 2. The fourth-order valence-corrected chi connectivity index (χ4v) is 11.4. The lowest BCUT2D eigenvalue weighted by Crippen LogP contribution is -2.66. The highest BCUT2D eigenvalue weighted by molar-refractivity contribution is 5.96. The van der Waals surface area contributed by atoms with Crippen molar-refractivity contribution in [2.75, 3.05) is 67.1 Å². The number of halogens is 1. The fourth-order valence-electron chi connectivity index (χ4n) is 11.4. The topological polar surface area (TPSA) is 175 Å². The van der Waals surface area contributed by atoms with Crippen molar-refractivity contribution >= 4 is 40.6 Å². The number of benzene rings is 1. The van der Waals surface area contributed by atoms with Gasteiger partial charge in [-0.05, 0) is 101 Å². The smallest absolute Gasteiger partial charge is 0.324 e. The third-order valence-electron chi connectivity index (χ3n) is 15.6. The molecular weight excluding hydrogens is 932 g/mol. The molecule has 0 unspecified atom stereocenters. The number of carbonyl (C=O) groups excluding carboxylic acids is 5. The normalized spacial score (nSPS) is 21.4. The summed E-state index contributed by atoms with van der Waals surface area (Å²) in [5.41, 5.74) is 8.04. The van der Waals surface area contributed by atoms with E-state index in [0.29, 0.717) is 82.6 Å². The number of likely N-dealkylation sites (N-methyl/N-ethyl adjacent to an activating group) is 2. The fraction of sp³-hybridized carbons (Fsp3) is 0.545. The number of cyclic esters (lactones) is 1. The van der Waals surface area contributed by atoms with Crippen LogP contribution in [0.4, 0.5) is 9.18 Å². The number of amides is 5. The van der Waals surface area contributed by atoms with Gasteiger partial charge in [0, 0.05) is 117 Å². The predicted molar refractivity (Wildman–Crippen MR) is 276 cm³/mol. The summed E-state index contributed by atoms with van der Waals surface area (Å²) >= 11 is 0. The number of aryl methyl sites for hydroxylation is 1. The number of hydrogen-bond acceptors (Lipinski definition) is 11. The van der Waals surface area contributed by atoms with Gasteiger partial charge in [-0.2, -0.15) is 0 Å². The van der Waals surface area contributed by atoms with Crippen LogP contribution in [0.2, 0.25) is 0 Å². The van der Waals surface area contributed by atoms with Crippen molar-refractivity contribution in [3.8, 4) is 22.5 Å². The van der Waals surface area contributed by atoms with E-state index < -0.39 is 47.1 Å². The highest BCUT2D eigenvalue weighted by Gasteiger charge is 2.45. The van der Waals surface area contributed by atoms with E-state index >= 15 is 4.39 Å². The molecule has 7 heterocycles. The zero-order chi connectivity index (χ0) is 52.5. The highest BCUT2D eigenvalue weighted by Crippen LogP contribution is 2.42. The molecule has 4 aliphatic heterocycles. The maximum absolute atomic E-state index is 16.1. The summed E-state index contributed by atoms with van der Waals surface area (Å²) in [5.74, 6) is -2.68. The molecule has 392 valence electrons. The lowest BCUT2D eigenvalue weighted by atomic mass is 9.83. The molecule has 8 rings (SSSR count). The maximum Gasteiger partial charge on any atom is 0.324 e. The molecule has 4 aromatic rings. The van der Waals surface area contributed by atoms with Crippen molar-refractivity contribution < 1.29 is 37.8 Å². The molecule has 5 amide bonds. The van der Waals surface area contributed by atoms with Crippen LogP contribution >= 0.6 is 0 Å². The summed E-state index contributed by atoms with van der Waals surface area (Å²) in [7, 11) is 5.31. The van der Waals surface area contributed by atoms with E-state index in [0.717, 1.165) is 33.4 Å². The van der Waals surface area contributed by atoms with Crippen molar-refractivity contribution in [3.05, 3.63) is 84.1 Å². The van der Waals surface area contributed by atoms with E-state index in [2.05, 4.69) is 54.6 Å². The number of fused-ring (bicyclic) bond motifs is 6. The molecule has 0 aliphatic carbocycles. The first-order valence-electron chi connectivity index (χ1n) is 25.8. The number of hydrogen-bond donors (Lipinski definition) is 2. The summed E-state index contributed by atoms with van der Waals surface area (Å²) in [6.07, 6.45) is 5.25. The van der Waals surface area contributed by atoms with Gasteiger partial charge in [-0.1, -0.05) is 40.3 Å². The summed E-state index contributed by atoms with van der Waals surface area (Å²) in [4.78, 5) is 87.5. The highest BCUT2D eigenvalue weighted by atomic mass is 19.1. The molecule has 0 radical (unpaired) electrons. The van der Waals surface area contributed by atoms with Gasteiger partial charge in [0.1, 0.15) is 23.9 Å². The molecule has 17 nitrogen and oxygen atoms in total. The number of hydrazine groups is 1. The first kappa shape index (κ1) is 53.1. The first-order valence-corrected chi connectivity index (χ1v) is 25.8. The molecule has 6 bridgehead atoms. The zero-order valence-electron chi connectivity index (χ0n) is 44.0. The van der Waals surface area contributed by atoms with E-state index in [1.54, 1.807) is 25.3 Å². The summed E-state index contributed by atoms with van der Waals surface area (Å²) in [6, 6.07) is 9.08. The van der Waals surface area contributed by atoms with Crippen LogP contribution in [0.3, 0.4) is 0 Å². The maximum atomic E-state index is 16.1. The average molecular weight is 1010 g/mol. The minimum absolute atomic E-state index is 0.0747.